The van der Waals surface area contributed by atoms with Crippen LogP contribution in [0.1, 0.15) is 18.5 Å². The van der Waals surface area contributed by atoms with E-state index in [4.69, 9.17) is 15.2 Å². The van der Waals surface area contributed by atoms with Gasteiger partial charge < -0.3 is 15.2 Å². The molecule has 21 heavy (non-hydrogen) atoms. The highest BCUT2D eigenvalue weighted by atomic mass is 16.5. The van der Waals surface area contributed by atoms with Gasteiger partial charge in [0.05, 0.1) is 25.9 Å². The SMILES string of the molecule is CCOCCOCC(N)c1ccc(-c2ccccc2)cc1. The number of hydrogen-bond donors (Lipinski definition) is 1. The standard InChI is InChI=1S/C18H23NO2/c1-2-20-12-13-21-14-18(19)17-10-8-16(9-11-17)15-6-4-3-5-7-15/h3-11,18H,2,12-14,19H2,1H3. The van der Waals surface area contributed by atoms with Crippen LogP contribution in [-0.2, 0) is 9.47 Å². The van der Waals surface area contributed by atoms with Gasteiger partial charge in [-0.2, -0.15) is 0 Å². The Kier molecular flexibility index (Phi) is 6.41. The molecule has 0 aliphatic heterocycles. The highest BCUT2D eigenvalue weighted by Crippen LogP contribution is 2.21. The summed E-state index contributed by atoms with van der Waals surface area (Å²) in [5, 5.41) is 0. The van der Waals surface area contributed by atoms with Crippen molar-refractivity contribution in [3.05, 3.63) is 60.2 Å². The topological polar surface area (TPSA) is 44.5 Å². The summed E-state index contributed by atoms with van der Waals surface area (Å²) in [5.41, 5.74) is 9.63. The van der Waals surface area contributed by atoms with Crippen molar-refractivity contribution in [2.24, 2.45) is 5.73 Å². The highest BCUT2D eigenvalue weighted by molar-refractivity contribution is 5.63. The van der Waals surface area contributed by atoms with Gasteiger partial charge in [0.15, 0.2) is 0 Å². The summed E-state index contributed by atoms with van der Waals surface area (Å²) in [4.78, 5) is 0. The molecule has 2 aromatic rings. The van der Waals surface area contributed by atoms with Crippen LogP contribution in [0.25, 0.3) is 11.1 Å². The Balaban J connectivity index is 1.87. The second-order valence-corrected chi connectivity index (χ2v) is 4.87. The maximum Gasteiger partial charge on any atom is 0.0701 e. The quantitative estimate of drug-likeness (QED) is 0.756. The fourth-order valence-corrected chi connectivity index (χ4v) is 2.12. The van der Waals surface area contributed by atoms with Crippen molar-refractivity contribution >= 4 is 0 Å². The number of rotatable bonds is 8. The fraction of sp³-hybridized carbons (Fsp3) is 0.333. The molecule has 2 N–H and O–H groups in total. The summed E-state index contributed by atoms with van der Waals surface area (Å²) in [6, 6.07) is 18.6. The van der Waals surface area contributed by atoms with Crippen LogP contribution in [0.15, 0.2) is 54.6 Å². The summed E-state index contributed by atoms with van der Waals surface area (Å²) >= 11 is 0. The van der Waals surface area contributed by atoms with E-state index in [-0.39, 0.29) is 6.04 Å². The van der Waals surface area contributed by atoms with Crippen LogP contribution in [0.5, 0.6) is 0 Å². The molecular formula is C18H23NO2. The van der Waals surface area contributed by atoms with Crippen molar-refractivity contribution in [1.82, 2.24) is 0 Å². The molecule has 0 saturated carbocycles. The Labute approximate surface area is 126 Å². The minimum Gasteiger partial charge on any atom is -0.379 e. The molecule has 1 atom stereocenters. The average molecular weight is 285 g/mol. The van der Waals surface area contributed by atoms with Crippen molar-refractivity contribution in [2.45, 2.75) is 13.0 Å². The van der Waals surface area contributed by atoms with Gasteiger partial charge in [-0.05, 0) is 23.6 Å². The summed E-state index contributed by atoms with van der Waals surface area (Å²) in [5.74, 6) is 0. The van der Waals surface area contributed by atoms with Gasteiger partial charge in [-0.3, -0.25) is 0 Å². The van der Waals surface area contributed by atoms with Gasteiger partial charge >= 0.3 is 0 Å². The van der Waals surface area contributed by atoms with Crippen molar-refractivity contribution in [2.75, 3.05) is 26.4 Å². The molecule has 3 nitrogen and oxygen atoms in total. The molecule has 2 aromatic carbocycles. The van der Waals surface area contributed by atoms with Crippen molar-refractivity contribution in [1.29, 1.82) is 0 Å². The van der Waals surface area contributed by atoms with Gasteiger partial charge in [0.25, 0.3) is 0 Å². The molecule has 0 spiro atoms. The van der Waals surface area contributed by atoms with E-state index in [1.165, 1.54) is 11.1 Å². The molecule has 0 saturated heterocycles. The number of benzene rings is 2. The Hall–Kier alpha value is -1.68. The molecule has 2 rings (SSSR count). The van der Waals surface area contributed by atoms with E-state index in [1.54, 1.807) is 0 Å². The van der Waals surface area contributed by atoms with E-state index in [9.17, 15) is 0 Å². The summed E-state index contributed by atoms with van der Waals surface area (Å²) in [6.45, 7) is 4.41. The number of nitrogens with two attached hydrogens (primary N) is 1. The molecule has 0 bridgehead atoms. The summed E-state index contributed by atoms with van der Waals surface area (Å²) < 4.78 is 10.7. The van der Waals surface area contributed by atoms with E-state index in [2.05, 4.69) is 36.4 Å². The second-order valence-electron chi connectivity index (χ2n) is 4.87. The molecule has 0 aliphatic rings. The van der Waals surface area contributed by atoms with Crippen LogP contribution in [0.2, 0.25) is 0 Å². The first-order chi connectivity index (χ1) is 10.3. The van der Waals surface area contributed by atoms with Gasteiger partial charge in [-0.1, -0.05) is 54.6 Å². The maximum absolute atomic E-state index is 6.13. The van der Waals surface area contributed by atoms with Crippen LogP contribution in [0, 0.1) is 0 Å². The molecule has 112 valence electrons. The minimum atomic E-state index is -0.101. The first kappa shape index (κ1) is 15.7. The Bertz CT molecular complexity index is 511. The summed E-state index contributed by atoms with van der Waals surface area (Å²) in [7, 11) is 0. The average Bonchev–Trinajstić information content (AvgIpc) is 2.55. The van der Waals surface area contributed by atoms with E-state index < -0.39 is 0 Å². The third kappa shape index (κ3) is 4.97. The zero-order chi connectivity index (χ0) is 14.9. The third-order valence-corrected chi connectivity index (χ3v) is 3.32. The van der Waals surface area contributed by atoms with Crippen LogP contribution in [-0.4, -0.2) is 26.4 Å². The second kappa shape index (κ2) is 8.57. The lowest BCUT2D eigenvalue weighted by Crippen LogP contribution is -2.18. The maximum atomic E-state index is 6.13. The van der Waals surface area contributed by atoms with Crippen LogP contribution < -0.4 is 5.73 Å². The molecule has 0 fully saturated rings. The molecule has 0 heterocycles. The lowest BCUT2D eigenvalue weighted by atomic mass is 10.0. The molecular weight excluding hydrogens is 262 g/mol. The van der Waals surface area contributed by atoms with Gasteiger partial charge in [0.2, 0.25) is 0 Å². The molecule has 3 heteroatoms. The molecule has 0 amide bonds. The smallest absolute Gasteiger partial charge is 0.0701 e. The predicted octanol–water partition coefficient (Wildman–Crippen LogP) is 3.41. The normalized spacial score (nSPS) is 12.3. The van der Waals surface area contributed by atoms with Gasteiger partial charge in [-0.25, -0.2) is 0 Å². The van der Waals surface area contributed by atoms with Crippen molar-refractivity contribution in [3.63, 3.8) is 0 Å². The first-order valence-corrected chi connectivity index (χ1v) is 7.37. The van der Waals surface area contributed by atoms with E-state index >= 15 is 0 Å². The van der Waals surface area contributed by atoms with Gasteiger partial charge in [-0.15, -0.1) is 0 Å². The predicted molar refractivity (Wildman–Crippen MR) is 86.1 cm³/mol. The van der Waals surface area contributed by atoms with Crippen molar-refractivity contribution in [3.8, 4) is 11.1 Å². The zero-order valence-electron chi connectivity index (χ0n) is 12.5. The Morgan fingerprint density at radius 1 is 0.857 bits per heavy atom. The van der Waals surface area contributed by atoms with E-state index in [0.717, 1.165) is 12.2 Å². The van der Waals surface area contributed by atoms with Crippen LogP contribution in [0.4, 0.5) is 0 Å². The zero-order valence-corrected chi connectivity index (χ0v) is 12.5. The van der Waals surface area contributed by atoms with E-state index in [0.29, 0.717) is 19.8 Å². The monoisotopic (exact) mass is 285 g/mol. The minimum absolute atomic E-state index is 0.101. The Morgan fingerprint density at radius 3 is 2.14 bits per heavy atom. The number of ether oxygens (including phenoxy) is 2. The highest BCUT2D eigenvalue weighted by Gasteiger charge is 2.06. The van der Waals surface area contributed by atoms with Crippen LogP contribution in [0.3, 0.4) is 0 Å². The van der Waals surface area contributed by atoms with Gasteiger partial charge in [0, 0.05) is 6.61 Å². The summed E-state index contributed by atoms with van der Waals surface area (Å²) in [6.07, 6.45) is 0. The lowest BCUT2D eigenvalue weighted by Gasteiger charge is -2.13. The Morgan fingerprint density at radius 2 is 1.48 bits per heavy atom. The van der Waals surface area contributed by atoms with Crippen LogP contribution >= 0.6 is 0 Å². The van der Waals surface area contributed by atoms with Crippen molar-refractivity contribution < 1.29 is 9.47 Å². The molecule has 0 radical (unpaired) electrons. The third-order valence-electron chi connectivity index (χ3n) is 3.32. The number of hydrogen-bond acceptors (Lipinski definition) is 3. The molecule has 0 aromatic heterocycles. The first-order valence-electron chi connectivity index (χ1n) is 7.37. The molecule has 0 aliphatic carbocycles. The molecule has 1 unspecified atom stereocenters. The van der Waals surface area contributed by atoms with E-state index in [1.807, 2.05) is 25.1 Å². The lowest BCUT2D eigenvalue weighted by molar-refractivity contribution is 0.0473. The largest absolute Gasteiger partial charge is 0.379 e. The fourth-order valence-electron chi connectivity index (χ4n) is 2.12. The van der Waals surface area contributed by atoms with Gasteiger partial charge in [0.1, 0.15) is 0 Å².